The summed E-state index contributed by atoms with van der Waals surface area (Å²) in [5.74, 6) is 1.04. The number of H-pyrrole nitrogens is 1. The Morgan fingerprint density at radius 2 is 2.04 bits per heavy atom. The SMILES string of the molecule is CO[C@@H](C(=O)N1CCC(c2[nH]ncc2-c2cc(C)no2)CC1)c1ccccc1. The quantitative estimate of drug-likeness (QED) is 0.733. The van der Waals surface area contributed by atoms with Crippen LogP contribution in [0.15, 0.2) is 47.1 Å². The van der Waals surface area contributed by atoms with Gasteiger partial charge in [0.05, 0.1) is 17.5 Å². The third kappa shape index (κ3) is 3.57. The second kappa shape index (κ2) is 7.98. The zero-order valence-electron chi connectivity index (χ0n) is 16.1. The van der Waals surface area contributed by atoms with E-state index in [0.29, 0.717) is 19.0 Å². The molecule has 28 heavy (non-hydrogen) atoms. The lowest BCUT2D eigenvalue weighted by atomic mass is 9.90. The molecule has 1 N–H and O–H groups in total. The minimum absolute atomic E-state index is 0.0165. The highest BCUT2D eigenvalue weighted by Crippen LogP contribution is 2.34. The van der Waals surface area contributed by atoms with Gasteiger partial charge in [0.15, 0.2) is 11.9 Å². The van der Waals surface area contributed by atoms with E-state index in [0.717, 1.165) is 41.1 Å². The third-order valence-corrected chi connectivity index (χ3v) is 5.34. The van der Waals surface area contributed by atoms with Crippen molar-refractivity contribution in [3.8, 4) is 11.3 Å². The molecule has 1 fully saturated rings. The summed E-state index contributed by atoms with van der Waals surface area (Å²) in [5.41, 5.74) is 3.72. The number of ether oxygens (including phenoxy) is 1. The standard InChI is InChI=1S/C21H24N4O3/c1-14-12-18(28-24-14)17-13-22-23-19(17)15-8-10-25(11-9-15)21(26)20(27-2)16-6-4-3-5-7-16/h3-7,12-13,15,20H,8-11H2,1-2H3,(H,22,23)/t20-/m1/s1. The first-order valence-corrected chi connectivity index (χ1v) is 9.51. The van der Waals surface area contributed by atoms with Crippen molar-refractivity contribution in [2.75, 3.05) is 20.2 Å². The van der Waals surface area contributed by atoms with Gasteiger partial charge in [0.25, 0.3) is 5.91 Å². The molecule has 1 aliphatic rings. The molecule has 7 heteroatoms. The van der Waals surface area contributed by atoms with Crippen molar-refractivity contribution in [1.82, 2.24) is 20.3 Å². The number of carbonyl (C=O) groups is 1. The highest BCUT2D eigenvalue weighted by molar-refractivity contribution is 5.82. The van der Waals surface area contributed by atoms with Gasteiger partial charge in [-0.2, -0.15) is 5.10 Å². The summed E-state index contributed by atoms with van der Waals surface area (Å²) in [6.07, 6.45) is 2.94. The van der Waals surface area contributed by atoms with Crippen LogP contribution in [-0.4, -0.2) is 46.4 Å². The molecular formula is C21H24N4O3. The van der Waals surface area contributed by atoms with Gasteiger partial charge >= 0.3 is 0 Å². The van der Waals surface area contributed by atoms with Gasteiger partial charge in [-0.3, -0.25) is 9.89 Å². The first-order valence-electron chi connectivity index (χ1n) is 9.51. The molecule has 0 aliphatic carbocycles. The number of carbonyl (C=O) groups excluding carboxylic acids is 1. The maximum atomic E-state index is 13.0. The molecule has 0 saturated carbocycles. The lowest BCUT2D eigenvalue weighted by Gasteiger charge is -2.33. The molecule has 146 valence electrons. The number of aromatic amines is 1. The monoisotopic (exact) mass is 380 g/mol. The van der Waals surface area contributed by atoms with Crippen LogP contribution < -0.4 is 0 Å². The second-order valence-corrected chi connectivity index (χ2v) is 7.16. The minimum atomic E-state index is -0.558. The topological polar surface area (TPSA) is 84.2 Å². The molecule has 1 aliphatic heterocycles. The fraction of sp³-hybridized carbons (Fsp3) is 0.381. The maximum Gasteiger partial charge on any atom is 0.256 e. The van der Waals surface area contributed by atoms with E-state index in [9.17, 15) is 4.79 Å². The highest BCUT2D eigenvalue weighted by Gasteiger charge is 2.31. The fourth-order valence-corrected chi connectivity index (χ4v) is 3.86. The minimum Gasteiger partial charge on any atom is -0.367 e. The van der Waals surface area contributed by atoms with Gasteiger partial charge in [0, 0.05) is 37.9 Å². The smallest absolute Gasteiger partial charge is 0.256 e. The molecule has 7 nitrogen and oxygen atoms in total. The third-order valence-electron chi connectivity index (χ3n) is 5.34. The largest absolute Gasteiger partial charge is 0.367 e. The highest BCUT2D eigenvalue weighted by atomic mass is 16.5. The number of nitrogens with zero attached hydrogens (tertiary/aromatic N) is 3. The first kappa shape index (κ1) is 18.4. The maximum absolute atomic E-state index is 13.0. The van der Waals surface area contributed by atoms with Crippen molar-refractivity contribution >= 4 is 5.91 Å². The number of aromatic nitrogens is 3. The van der Waals surface area contributed by atoms with Crippen LogP contribution in [0.3, 0.4) is 0 Å². The number of benzene rings is 1. The summed E-state index contributed by atoms with van der Waals surface area (Å²) in [5, 5.41) is 11.3. The van der Waals surface area contributed by atoms with E-state index in [1.165, 1.54) is 0 Å². The van der Waals surface area contributed by atoms with Crippen molar-refractivity contribution in [2.45, 2.75) is 31.8 Å². The molecule has 3 aromatic rings. The van der Waals surface area contributed by atoms with E-state index in [1.807, 2.05) is 48.2 Å². The number of nitrogens with one attached hydrogen (secondary N) is 1. The fourth-order valence-electron chi connectivity index (χ4n) is 3.86. The number of rotatable bonds is 5. The predicted octanol–water partition coefficient (Wildman–Crippen LogP) is 3.47. The van der Waals surface area contributed by atoms with Crippen LogP contribution in [0.4, 0.5) is 0 Å². The van der Waals surface area contributed by atoms with E-state index >= 15 is 0 Å². The Balaban J connectivity index is 1.44. The van der Waals surface area contributed by atoms with Gasteiger partial charge in [0.1, 0.15) is 0 Å². The average Bonchev–Trinajstić information content (AvgIpc) is 3.38. The van der Waals surface area contributed by atoms with Crippen LogP contribution in [-0.2, 0) is 9.53 Å². The van der Waals surface area contributed by atoms with Gasteiger partial charge in [-0.25, -0.2) is 0 Å². The Morgan fingerprint density at radius 3 is 2.68 bits per heavy atom. The normalized spacial score (nSPS) is 16.3. The molecule has 1 atom stereocenters. The van der Waals surface area contributed by atoms with Crippen molar-refractivity contribution in [2.24, 2.45) is 0 Å². The van der Waals surface area contributed by atoms with E-state index < -0.39 is 6.10 Å². The molecule has 0 unspecified atom stereocenters. The van der Waals surface area contributed by atoms with Gasteiger partial charge in [-0.1, -0.05) is 35.5 Å². The average molecular weight is 380 g/mol. The van der Waals surface area contributed by atoms with Gasteiger partial charge in [-0.05, 0) is 25.3 Å². The molecule has 0 spiro atoms. The van der Waals surface area contributed by atoms with Gasteiger partial charge < -0.3 is 14.2 Å². The first-order chi connectivity index (χ1) is 13.7. The van der Waals surface area contributed by atoms with Crippen LogP contribution in [0, 0.1) is 6.92 Å². The number of likely N-dealkylation sites (tertiary alicyclic amines) is 1. The van der Waals surface area contributed by atoms with Gasteiger partial charge in [-0.15, -0.1) is 0 Å². The molecule has 2 aromatic heterocycles. The molecular weight excluding hydrogens is 356 g/mol. The van der Waals surface area contributed by atoms with Crippen molar-refractivity contribution in [1.29, 1.82) is 0 Å². The zero-order valence-corrected chi connectivity index (χ0v) is 16.1. The zero-order chi connectivity index (χ0) is 19.5. The van der Waals surface area contributed by atoms with Crippen molar-refractivity contribution < 1.29 is 14.1 Å². The summed E-state index contributed by atoms with van der Waals surface area (Å²) in [4.78, 5) is 14.9. The molecule has 1 saturated heterocycles. The molecule has 0 radical (unpaired) electrons. The Hall–Kier alpha value is -2.93. The molecule has 1 amide bonds. The number of hydrogen-bond donors (Lipinski definition) is 1. The molecule has 4 rings (SSSR count). The number of piperidine rings is 1. The number of methoxy groups -OCH3 is 1. The number of aryl methyl sites for hydroxylation is 1. The summed E-state index contributed by atoms with van der Waals surface area (Å²) in [6, 6.07) is 11.5. The molecule has 0 bridgehead atoms. The Morgan fingerprint density at radius 1 is 1.29 bits per heavy atom. The summed E-state index contributed by atoms with van der Waals surface area (Å²) < 4.78 is 10.9. The molecule has 3 heterocycles. The van der Waals surface area contributed by atoms with Crippen LogP contribution in [0.2, 0.25) is 0 Å². The summed E-state index contributed by atoms with van der Waals surface area (Å²) in [6.45, 7) is 3.27. The van der Waals surface area contributed by atoms with Gasteiger partial charge in [0.2, 0.25) is 0 Å². The molecule has 1 aromatic carbocycles. The Labute approximate surface area is 163 Å². The van der Waals surface area contributed by atoms with E-state index in [2.05, 4.69) is 15.4 Å². The number of hydrogen-bond acceptors (Lipinski definition) is 5. The lowest BCUT2D eigenvalue weighted by Crippen LogP contribution is -2.41. The van der Waals surface area contributed by atoms with E-state index in [1.54, 1.807) is 13.3 Å². The van der Waals surface area contributed by atoms with Crippen LogP contribution in [0.25, 0.3) is 11.3 Å². The Bertz CT molecular complexity index is 926. The Kier molecular flexibility index (Phi) is 5.25. The summed E-state index contributed by atoms with van der Waals surface area (Å²) in [7, 11) is 1.58. The van der Waals surface area contributed by atoms with Crippen molar-refractivity contribution in [3.05, 3.63) is 59.5 Å². The summed E-state index contributed by atoms with van der Waals surface area (Å²) >= 11 is 0. The predicted molar refractivity (Wildman–Crippen MR) is 104 cm³/mol. The second-order valence-electron chi connectivity index (χ2n) is 7.16. The number of amides is 1. The van der Waals surface area contributed by atoms with E-state index in [4.69, 9.17) is 9.26 Å². The van der Waals surface area contributed by atoms with Crippen LogP contribution in [0.1, 0.15) is 41.8 Å². The van der Waals surface area contributed by atoms with Crippen LogP contribution in [0.5, 0.6) is 0 Å². The van der Waals surface area contributed by atoms with E-state index in [-0.39, 0.29) is 5.91 Å². The van der Waals surface area contributed by atoms with Crippen molar-refractivity contribution in [3.63, 3.8) is 0 Å². The van der Waals surface area contributed by atoms with Crippen LogP contribution >= 0.6 is 0 Å². The lowest BCUT2D eigenvalue weighted by molar-refractivity contribution is -0.143.